The summed E-state index contributed by atoms with van der Waals surface area (Å²) in [6.45, 7) is 4.49. The average Bonchev–Trinajstić information content (AvgIpc) is 3.18. The summed E-state index contributed by atoms with van der Waals surface area (Å²) in [4.78, 5) is 36.8. The van der Waals surface area contributed by atoms with E-state index in [1.807, 2.05) is 0 Å². The zero-order chi connectivity index (χ0) is 42.8. The first-order valence-electron chi connectivity index (χ1n) is 23.7. The Morgan fingerprint density at radius 1 is 0.534 bits per heavy atom. The van der Waals surface area contributed by atoms with Gasteiger partial charge >= 0.3 is 11.9 Å². The van der Waals surface area contributed by atoms with Gasteiger partial charge in [-0.2, -0.15) is 0 Å². The highest BCUT2D eigenvalue weighted by Crippen LogP contribution is 2.15. The fraction of sp³-hybridized carbons (Fsp3) is 0.780. The first-order valence-corrected chi connectivity index (χ1v) is 23.7. The highest BCUT2D eigenvalue weighted by atomic mass is 16.6. The van der Waals surface area contributed by atoms with Crippen molar-refractivity contribution in [2.75, 3.05) is 41.0 Å². The lowest BCUT2D eigenvalue weighted by atomic mass is 10.0. The number of esters is 2. The van der Waals surface area contributed by atoms with E-state index in [-0.39, 0.29) is 49.1 Å². The minimum atomic E-state index is -1.13. The summed E-state index contributed by atoms with van der Waals surface area (Å²) in [5, 5.41) is 11.6. The molecule has 2 unspecified atom stereocenters. The van der Waals surface area contributed by atoms with Gasteiger partial charge in [0.2, 0.25) is 0 Å². The Morgan fingerprint density at radius 3 is 1.50 bits per heavy atom. The maximum absolute atomic E-state index is 12.7. The number of ether oxygens (including phenoxy) is 3. The van der Waals surface area contributed by atoms with Crippen LogP contribution in [0.4, 0.5) is 0 Å². The SMILES string of the molecule is CC/C=C/C/C=C/C/C=C/CCCC(=O)OCC(COCCC(C(=O)[O-])[N+](C)(C)C)OC(=O)CCCCCCCCC/C=C/CCCCCCCCCCCCCC. The van der Waals surface area contributed by atoms with Crippen LogP contribution < -0.4 is 5.11 Å². The Morgan fingerprint density at radius 2 is 0.983 bits per heavy atom. The minimum Gasteiger partial charge on any atom is -0.544 e. The second-order valence-electron chi connectivity index (χ2n) is 17.0. The standard InChI is InChI=1S/C50H89NO7/c1-6-8-10-12-14-16-18-19-20-21-22-23-24-25-26-27-28-29-31-33-35-37-39-41-49(53)58-46(44-56-43-42-47(50(54)55)51(3,4)5)45-57-48(52)40-38-36-34-32-30-17-15-13-11-9-7-2/h9,11,15,17,25-26,32,34,46-47H,6-8,10,12-14,16,18-24,27-31,33,35-45H2,1-5H3/b11-9+,17-15+,26-25+,34-32+. The summed E-state index contributed by atoms with van der Waals surface area (Å²) in [5.74, 6) is -1.81. The smallest absolute Gasteiger partial charge is 0.306 e. The van der Waals surface area contributed by atoms with Gasteiger partial charge in [-0.15, -0.1) is 0 Å². The van der Waals surface area contributed by atoms with E-state index in [1.165, 1.54) is 116 Å². The van der Waals surface area contributed by atoms with Crippen molar-refractivity contribution >= 4 is 17.9 Å². The third-order valence-electron chi connectivity index (χ3n) is 10.4. The van der Waals surface area contributed by atoms with Crippen molar-refractivity contribution in [1.29, 1.82) is 0 Å². The molecule has 0 saturated carbocycles. The van der Waals surface area contributed by atoms with Crippen LogP contribution in [0.3, 0.4) is 0 Å². The van der Waals surface area contributed by atoms with Gasteiger partial charge in [-0.25, -0.2) is 0 Å². The average molecular weight is 816 g/mol. The Hall–Kier alpha value is -2.71. The number of carboxylic acid groups (broad SMARTS) is 1. The van der Waals surface area contributed by atoms with Gasteiger partial charge in [0.05, 0.1) is 40.3 Å². The number of carbonyl (C=O) groups is 3. The molecule has 0 rings (SSSR count). The molecule has 0 fully saturated rings. The molecule has 0 spiro atoms. The largest absolute Gasteiger partial charge is 0.544 e. The maximum Gasteiger partial charge on any atom is 0.306 e. The molecule has 0 radical (unpaired) electrons. The third-order valence-corrected chi connectivity index (χ3v) is 10.4. The summed E-state index contributed by atoms with van der Waals surface area (Å²) in [7, 11) is 5.39. The minimum absolute atomic E-state index is 0.0228. The van der Waals surface area contributed by atoms with Gasteiger partial charge in [0.1, 0.15) is 12.6 Å². The van der Waals surface area contributed by atoms with Gasteiger partial charge < -0.3 is 28.6 Å². The van der Waals surface area contributed by atoms with E-state index in [0.717, 1.165) is 44.9 Å². The van der Waals surface area contributed by atoms with Gasteiger partial charge in [0, 0.05) is 19.3 Å². The van der Waals surface area contributed by atoms with Crippen molar-refractivity contribution in [2.45, 2.75) is 212 Å². The van der Waals surface area contributed by atoms with E-state index < -0.39 is 18.1 Å². The topological polar surface area (TPSA) is 102 Å². The number of rotatable bonds is 42. The van der Waals surface area contributed by atoms with E-state index in [9.17, 15) is 19.5 Å². The van der Waals surface area contributed by atoms with Crippen LogP contribution in [0.1, 0.15) is 200 Å². The lowest BCUT2D eigenvalue weighted by Crippen LogP contribution is -2.55. The Kier molecular flexibility index (Phi) is 39.1. The molecule has 0 aliphatic carbocycles. The summed E-state index contributed by atoms with van der Waals surface area (Å²) in [5.41, 5.74) is 0. The van der Waals surface area contributed by atoms with E-state index >= 15 is 0 Å². The predicted molar refractivity (Wildman–Crippen MR) is 240 cm³/mol. The lowest BCUT2D eigenvalue weighted by Gasteiger charge is -2.34. The third kappa shape index (κ3) is 38.8. The van der Waals surface area contributed by atoms with E-state index in [1.54, 1.807) is 21.1 Å². The van der Waals surface area contributed by atoms with E-state index in [4.69, 9.17) is 14.2 Å². The number of hydrogen-bond donors (Lipinski definition) is 0. The number of aliphatic carboxylic acids is 1. The van der Waals surface area contributed by atoms with Gasteiger partial charge in [0.15, 0.2) is 6.10 Å². The first-order chi connectivity index (χ1) is 28.1. The molecule has 336 valence electrons. The summed E-state index contributed by atoms with van der Waals surface area (Å²) >= 11 is 0. The van der Waals surface area contributed by atoms with Crippen molar-refractivity contribution in [3.05, 3.63) is 48.6 Å². The number of carboxylic acids is 1. The molecule has 8 nitrogen and oxygen atoms in total. The van der Waals surface area contributed by atoms with Crippen molar-refractivity contribution in [1.82, 2.24) is 0 Å². The number of unbranched alkanes of at least 4 members (excludes halogenated alkanes) is 20. The van der Waals surface area contributed by atoms with Crippen LogP contribution in [0.25, 0.3) is 0 Å². The zero-order valence-electron chi connectivity index (χ0n) is 38.2. The fourth-order valence-corrected chi connectivity index (χ4v) is 6.80. The molecule has 0 amide bonds. The van der Waals surface area contributed by atoms with Crippen molar-refractivity contribution < 1.29 is 38.2 Å². The molecule has 0 saturated heterocycles. The molecule has 0 aliphatic rings. The molecule has 0 aliphatic heterocycles. The van der Waals surface area contributed by atoms with Crippen molar-refractivity contribution in [3.63, 3.8) is 0 Å². The number of allylic oxidation sites excluding steroid dienone is 8. The molecule has 2 atom stereocenters. The molecule has 0 aromatic rings. The lowest BCUT2D eigenvalue weighted by molar-refractivity contribution is -0.889. The summed E-state index contributed by atoms with van der Waals surface area (Å²) in [6.07, 6.45) is 48.8. The van der Waals surface area contributed by atoms with Crippen LogP contribution >= 0.6 is 0 Å². The highest BCUT2D eigenvalue weighted by Gasteiger charge is 2.25. The number of likely N-dealkylation sites (N-methyl/N-ethyl adjacent to an activating group) is 1. The van der Waals surface area contributed by atoms with Crippen LogP contribution in [-0.2, 0) is 28.6 Å². The van der Waals surface area contributed by atoms with Crippen molar-refractivity contribution in [2.24, 2.45) is 0 Å². The van der Waals surface area contributed by atoms with Crippen LogP contribution in [0.15, 0.2) is 48.6 Å². The predicted octanol–water partition coefficient (Wildman–Crippen LogP) is 11.9. The number of nitrogens with zero attached hydrogens (tertiary/aromatic N) is 1. The second-order valence-corrected chi connectivity index (χ2v) is 17.0. The summed E-state index contributed by atoms with van der Waals surface area (Å²) < 4.78 is 17.1. The number of carbonyl (C=O) groups excluding carboxylic acids is 3. The van der Waals surface area contributed by atoms with Gasteiger partial charge in [-0.05, 0) is 64.2 Å². The zero-order valence-corrected chi connectivity index (χ0v) is 38.2. The molecule has 0 aromatic heterocycles. The van der Waals surface area contributed by atoms with Crippen LogP contribution in [0.5, 0.6) is 0 Å². The molecule has 8 heteroatoms. The van der Waals surface area contributed by atoms with Gasteiger partial charge in [-0.3, -0.25) is 9.59 Å². The number of hydrogen-bond acceptors (Lipinski definition) is 7. The molecule has 0 bridgehead atoms. The van der Waals surface area contributed by atoms with Crippen molar-refractivity contribution in [3.8, 4) is 0 Å². The highest BCUT2D eigenvalue weighted by molar-refractivity contribution is 5.70. The summed E-state index contributed by atoms with van der Waals surface area (Å²) in [6, 6.07) is -0.734. The van der Waals surface area contributed by atoms with E-state index in [2.05, 4.69) is 62.5 Å². The Labute approximate surface area is 356 Å². The molecular formula is C50H89NO7. The Balaban J connectivity index is 4.24. The maximum atomic E-state index is 12.7. The van der Waals surface area contributed by atoms with Gasteiger partial charge in [0.25, 0.3) is 0 Å². The van der Waals surface area contributed by atoms with Crippen LogP contribution in [0, 0.1) is 0 Å². The monoisotopic (exact) mass is 816 g/mol. The molecule has 0 N–H and O–H groups in total. The Bertz CT molecular complexity index is 1090. The van der Waals surface area contributed by atoms with Crippen LogP contribution in [-0.4, -0.2) is 75.5 Å². The normalized spacial score (nSPS) is 13.3. The second kappa shape index (κ2) is 41.0. The fourth-order valence-electron chi connectivity index (χ4n) is 6.80. The quantitative estimate of drug-likeness (QED) is 0.0262. The molecule has 58 heavy (non-hydrogen) atoms. The molecule has 0 aromatic carbocycles. The molecular weight excluding hydrogens is 727 g/mol. The first kappa shape index (κ1) is 55.3. The van der Waals surface area contributed by atoms with Crippen LogP contribution in [0.2, 0.25) is 0 Å². The van der Waals surface area contributed by atoms with E-state index in [0.29, 0.717) is 12.8 Å². The number of quaternary nitrogens is 1. The van der Waals surface area contributed by atoms with Gasteiger partial charge in [-0.1, -0.05) is 165 Å². The molecule has 0 heterocycles.